The normalized spacial score (nSPS) is 10.4. The summed E-state index contributed by atoms with van der Waals surface area (Å²) < 4.78 is 0. The van der Waals surface area contributed by atoms with Gasteiger partial charge in [-0.3, -0.25) is 5.10 Å². The maximum absolute atomic E-state index is 4.02. The number of hydrogen-bond acceptors (Lipinski definition) is 1. The number of hydrogen-bond donors (Lipinski definition) is 1. The standard InChI is InChI=1S/C11H11BrN2/c1-8-11(7-13-14-8)10-4-2-3-9(5-10)6-12/h2-5,7H,6H2,1H3,(H,13,14). The summed E-state index contributed by atoms with van der Waals surface area (Å²) in [6.45, 7) is 2.03. The number of halogens is 1. The average Bonchev–Trinajstić information content (AvgIpc) is 2.65. The first-order valence-electron chi connectivity index (χ1n) is 4.46. The predicted octanol–water partition coefficient (Wildman–Crippen LogP) is 3.28. The number of aryl methyl sites for hydroxylation is 1. The lowest BCUT2D eigenvalue weighted by Crippen LogP contribution is -1.81. The maximum atomic E-state index is 4.02. The molecule has 2 nitrogen and oxygen atoms in total. The van der Waals surface area contributed by atoms with E-state index in [0.717, 1.165) is 11.0 Å². The number of benzene rings is 1. The molecule has 1 heterocycles. The summed E-state index contributed by atoms with van der Waals surface area (Å²) in [4.78, 5) is 0. The van der Waals surface area contributed by atoms with Crippen molar-refractivity contribution in [2.45, 2.75) is 12.3 Å². The molecule has 2 rings (SSSR count). The summed E-state index contributed by atoms with van der Waals surface area (Å²) in [5, 5.41) is 7.85. The summed E-state index contributed by atoms with van der Waals surface area (Å²) in [7, 11) is 0. The number of nitrogens with one attached hydrogen (secondary N) is 1. The Labute approximate surface area is 91.5 Å². The molecule has 1 aromatic carbocycles. The van der Waals surface area contributed by atoms with Crippen molar-refractivity contribution < 1.29 is 0 Å². The molecule has 1 N–H and O–H groups in total. The van der Waals surface area contributed by atoms with E-state index in [0.29, 0.717) is 0 Å². The highest BCUT2D eigenvalue weighted by atomic mass is 79.9. The fourth-order valence-corrected chi connectivity index (χ4v) is 1.81. The molecule has 0 spiro atoms. The van der Waals surface area contributed by atoms with E-state index < -0.39 is 0 Å². The molecule has 0 aliphatic heterocycles. The zero-order chi connectivity index (χ0) is 9.97. The molecule has 0 radical (unpaired) electrons. The number of aromatic amines is 1. The number of H-pyrrole nitrogens is 1. The smallest absolute Gasteiger partial charge is 0.0568 e. The maximum Gasteiger partial charge on any atom is 0.0568 e. The van der Waals surface area contributed by atoms with Crippen molar-refractivity contribution in [2.24, 2.45) is 0 Å². The Kier molecular flexibility index (Phi) is 2.68. The van der Waals surface area contributed by atoms with Gasteiger partial charge in [-0.25, -0.2) is 0 Å². The lowest BCUT2D eigenvalue weighted by molar-refractivity contribution is 1.05. The highest BCUT2D eigenvalue weighted by Crippen LogP contribution is 2.22. The highest BCUT2D eigenvalue weighted by molar-refractivity contribution is 9.08. The summed E-state index contributed by atoms with van der Waals surface area (Å²) >= 11 is 3.45. The van der Waals surface area contributed by atoms with Gasteiger partial charge < -0.3 is 0 Å². The third-order valence-corrected chi connectivity index (χ3v) is 2.87. The molecule has 3 heteroatoms. The lowest BCUT2D eigenvalue weighted by Gasteiger charge is -2.01. The minimum absolute atomic E-state index is 0.887. The first-order chi connectivity index (χ1) is 6.81. The van der Waals surface area contributed by atoms with Crippen LogP contribution in [0.5, 0.6) is 0 Å². The predicted molar refractivity (Wildman–Crippen MR) is 61.4 cm³/mol. The number of aromatic nitrogens is 2. The molecule has 0 unspecified atom stereocenters. The zero-order valence-electron chi connectivity index (χ0n) is 7.92. The van der Waals surface area contributed by atoms with E-state index in [1.807, 2.05) is 13.1 Å². The molecule has 2 aromatic rings. The van der Waals surface area contributed by atoms with Crippen molar-refractivity contribution in [3.63, 3.8) is 0 Å². The van der Waals surface area contributed by atoms with Gasteiger partial charge in [0.1, 0.15) is 0 Å². The largest absolute Gasteiger partial charge is 0.282 e. The van der Waals surface area contributed by atoms with Crippen LogP contribution in [0, 0.1) is 6.92 Å². The van der Waals surface area contributed by atoms with Crippen LogP contribution in [0.3, 0.4) is 0 Å². The van der Waals surface area contributed by atoms with E-state index in [1.54, 1.807) is 0 Å². The molecule has 0 fully saturated rings. The molecule has 0 bridgehead atoms. The summed E-state index contributed by atoms with van der Waals surface area (Å²) in [5.74, 6) is 0. The molecule has 0 saturated carbocycles. The molecule has 0 amide bonds. The van der Waals surface area contributed by atoms with Crippen LogP contribution < -0.4 is 0 Å². The fraction of sp³-hybridized carbons (Fsp3) is 0.182. The molecule has 0 atom stereocenters. The van der Waals surface area contributed by atoms with Crippen LogP contribution in [0.4, 0.5) is 0 Å². The molecule has 0 saturated heterocycles. The Bertz CT molecular complexity index is 434. The van der Waals surface area contributed by atoms with Crippen LogP contribution in [0.15, 0.2) is 30.5 Å². The van der Waals surface area contributed by atoms with Gasteiger partial charge in [0.2, 0.25) is 0 Å². The summed E-state index contributed by atoms with van der Waals surface area (Å²) in [6.07, 6.45) is 1.86. The van der Waals surface area contributed by atoms with Crippen LogP contribution >= 0.6 is 15.9 Å². The minimum atomic E-state index is 0.887. The van der Waals surface area contributed by atoms with Gasteiger partial charge in [0.15, 0.2) is 0 Å². The van der Waals surface area contributed by atoms with E-state index in [2.05, 4.69) is 50.4 Å². The first kappa shape index (κ1) is 9.46. The summed E-state index contributed by atoms with van der Waals surface area (Å²) in [5.41, 5.74) is 4.78. The van der Waals surface area contributed by atoms with Crippen LogP contribution in [-0.2, 0) is 5.33 Å². The fourth-order valence-electron chi connectivity index (χ4n) is 1.46. The van der Waals surface area contributed by atoms with Crippen molar-refractivity contribution in [1.82, 2.24) is 10.2 Å². The van der Waals surface area contributed by atoms with Crippen LogP contribution in [-0.4, -0.2) is 10.2 Å². The molecule has 1 aromatic heterocycles. The van der Waals surface area contributed by atoms with Crippen molar-refractivity contribution >= 4 is 15.9 Å². The topological polar surface area (TPSA) is 28.7 Å². The quantitative estimate of drug-likeness (QED) is 0.815. The van der Waals surface area contributed by atoms with Crippen molar-refractivity contribution in [3.05, 3.63) is 41.7 Å². The zero-order valence-corrected chi connectivity index (χ0v) is 9.51. The second-order valence-corrected chi connectivity index (χ2v) is 3.80. The molecule has 0 aliphatic rings. The molecule has 0 aliphatic carbocycles. The Morgan fingerprint density at radius 1 is 1.43 bits per heavy atom. The van der Waals surface area contributed by atoms with E-state index in [-0.39, 0.29) is 0 Å². The molecular weight excluding hydrogens is 240 g/mol. The number of rotatable bonds is 2. The van der Waals surface area contributed by atoms with Gasteiger partial charge in [0, 0.05) is 16.6 Å². The van der Waals surface area contributed by atoms with Crippen LogP contribution in [0.25, 0.3) is 11.1 Å². The van der Waals surface area contributed by atoms with E-state index in [4.69, 9.17) is 0 Å². The molecular formula is C11H11BrN2. The third kappa shape index (κ3) is 1.73. The molecule has 72 valence electrons. The van der Waals surface area contributed by atoms with Gasteiger partial charge in [-0.2, -0.15) is 5.10 Å². The average molecular weight is 251 g/mol. The monoisotopic (exact) mass is 250 g/mol. The Morgan fingerprint density at radius 2 is 2.29 bits per heavy atom. The van der Waals surface area contributed by atoms with E-state index in [1.165, 1.54) is 16.7 Å². The Balaban J connectivity index is 2.47. The van der Waals surface area contributed by atoms with Gasteiger partial charge in [0.05, 0.1) is 6.20 Å². The van der Waals surface area contributed by atoms with Crippen LogP contribution in [0.2, 0.25) is 0 Å². The third-order valence-electron chi connectivity index (χ3n) is 2.22. The van der Waals surface area contributed by atoms with Gasteiger partial charge in [0.25, 0.3) is 0 Å². The van der Waals surface area contributed by atoms with Gasteiger partial charge >= 0.3 is 0 Å². The Morgan fingerprint density at radius 3 is 2.93 bits per heavy atom. The minimum Gasteiger partial charge on any atom is -0.282 e. The van der Waals surface area contributed by atoms with Crippen molar-refractivity contribution in [1.29, 1.82) is 0 Å². The number of alkyl halides is 1. The summed E-state index contributed by atoms with van der Waals surface area (Å²) in [6, 6.07) is 8.45. The second-order valence-electron chi connectivity index (χ2n) is 3.24. The van der Waals surface area contributed by atoms with Gasteiger partial charge in [-0.05, 0) is 18.1 Å². The second kappa shape index (κ2) is 3.96. The highest BCUT2D eigenvalue weighted by Gasteiger charge is 2.03. The van der Waals surface area contributed by atoms with Gasteiger partial charge in [-0.15, -0.1) is 0 Å². The van der Waals surface area contributed by atoms with E-state index >= 15 is 0 Å². The van der Waals surface area contributed by atoms with Crippen LogP contribution in [0.1, 0.15) is 11.3 Å². The first-order valence-corrected chi connectivity index (χ1v) is 5.58. The molecule has 14 heavy (non-hydrogen) atoms. The SMILES string of the molecule is Cc1[nH]ncc1-c1cccc(CBr)c1. The van der Waals surface area contributed by atoms with Crippen molar-refractivity contribution in [2.75, 3.05) is 0 Å². The van der Waals surface area contributed by atoms with E-state index in [9.17, 15) is 0 Å². The Hall–Kier alpha value is -1.09. The lowest BCUT2D eigenvalue weighted by atomic mass is 10.1. The number of nitrogens with zero attached hydrogens (tertiary/aromatic N) is 1. The van der Waals surface area contributed by atoms with Gasteiger partial charge in [-0.1, -0.05) is 40.2 Å². The van der Waals surface area contributed by atoms with Crippen molar-refractivity contribution in [3.8, 4) is 11.1 Å².